The van der Waals surface area contributed by atoms with E-state index in [2.05, 4.69) is 4.99 Å². The molecule has 3 N–H and O–H groups in total. The van der Waals surface area contributed by atoms with Gasteiger partial charge in [0.25, 0.3) is 5.96 Å². The molecule has 1 unspecified atom stereocenters. The molecule has 4 atom stereocenters. The number of halogens is 3. The van der Waals surface area contributed by atoms with Crippen LogP contribution in [0.1, 0.15) is 56.1 Å². The summed E-state index contributed by atoms with van der Waals surface area (Å²) in [6.07, 6.45) is 0.221. The van der Waals surface area contributed by atoms with Crippen molar-refractivity contribution in [2.45, 2.75) is 63.7 Å². The summed E-state index contributed by atoms with van der Waals surface area (Å²) in [6, 6.07) is 5.06. The number of aryl methyl sites for hydroxylation is 1. The van der Waals surface area contributed by atoms with Crippen molar-refractivity contribution >= 4 is 22.6 Å². The van der Waals surface area contributed by atoms with Crippen LogP contribution in [0.25, 0.3) is 10.9 Å². The number of aliphatic imine (C=N–C) groups is 1. The summed E-state index contributed by atoms with van der Waals surface area (Å²) in [7, 11) is 1.90. The highest BCUT2D eigenvalue weighted by atomic mass is 19.4. The number of Topliss-reactive ketones (excluding diaryl/α,β-unsaturated/α-hetero) is 1. The van der Waals surface area contributed by atoms with Gasteiger partial charge in [-0.3, -0.25) is 4.79 Å². The number of guanidine groups is 1. The van der Waals surface area contributed by atoms with Crippen molar-refractivity contribution in [3.63, 3.8) is 0 Å². The molecule has 0 bridgehead atoms. The van der Waals surface area contributed by atoms with Gasteiger partial charge in [-0.1, -0.05) is 30.9 Å². The SMILES string of the molecule is CC[C@H](CCCN=C(N)N[N+](=O)[O-])CC(=O)C1C[C@@H]2c3cccc4c3c(cn4C)C[C@H]2N(C(F)(F)F)C1. The Bertz CT molecular complexity index is 1190. The van der Waals surface area contributed by atoms with Crippen LogP contribution in [0.15, 0.2) is 29.4 Å². The predicted molar refractivity (Wildman–Crippen MR) is 133 cm³/mol. The average molecular weight is 523 g/mol. The lowest BCUT2D eigenvalue weighted by Gasteiger charge is -2.47. The zero-order chi connectivity index (χ0) is 26.9. The molecule has 1 aromatic heterocycles. The first-order valence-electron chi connectivity index (χ1n) is 12.6. The van der Waals surface area contributed by atoms with Gasteiger partial charge in [0.1, 0.15) is 5.78 Å². The summed E-state index contributed by atoms with van der Waals surface area (Å²) < 4.78 is 44.7. The fraction of sp³-hybridized carbons (Fsp3) is 0.600. The Hall–Kier alpha value is -3.15. The van der Waals surface area contributed by atoms with E-state index in [4.69, 9.17) is 5.73 Å². The zero-order valence-corrected chi connectivity index (χ0v) is 21.0. The minimum absolute atomic E-state index is 0.0000248. The van der Waals surface area contributed by atoms with Crippen LogP contribution in [0.3, 0.4) is 0 Å². The molecule has 1 fully saturated rings. The monoisotopic (exact) mass is 522 g/mol. The molecule has 12 heteroatoms. The molecule has 1 aromatic carbocycles. The minimum Gasteiger partial charge on any atom is -0.365 e. The number of carbonyl (C=O) groups excluding carboxylic acids is 1. The number of benzene rings is 1. The molecule has 4 rings (SSSR count). The molecule has 202 valence electrons. The summed E-state index contributed by atoms with van der Waals surface area (Å²) in [4.78, 5) is 28.2. The number of fused-ring (bicyclic) bond motifs is 2. The summed E-state index contributed by atoms with van der Waals surface area (Å²) in [5.74, 6) is -1.49. The Kier molecular flexibility index (Phi) is 7.77. The van der Waals surface area contributed by atoms with E-state index >= 15 is 0 Å². The fourth-order valence-corrected chi connectivity index (χ4v) is 6.11. The Labute approximate surface area is 213 Å². The summed E-state index contributed by atoms with van der Waals surface area (Å²) in [5, 5.41) is 10.6. The van der Waals surface area contributed by atoms with Crippen molar-refractivity contribution in [2.75, 3.05) is 13.1 Å². The molecule has 0 amide bonds. The quantitative estimate of drug-likeness (QED) is 0.129. The molecule has 0 saturated carbocycles. The molecular weight excluding hydrogens is 489 g/mol. The molecule has 1 saturated heterocycles. The normalized spacial score (nSPS) is 23.1. The van der Waals surface area contributed by atoms with E-state index in [-0.39, 0.29) is 43.1 Å². The third kappa shape index (κ3) is 5.73. The van der Waals surface area contributed by atoms with E-state index in [1.54, 1.807) is 5.43 Å². The molecule has 2 aromatic rings. The molecule has 0 spiro atoms. The number of nitrogens with two attached hydrogens (primary N) is 1. The number of piperidine rings is 1. The third-order valence-corrected chi connectivity index (χ3v) is 7.88. The third-order valence-electron chi connectivity index (χ3n) is 7.88. The van der Waals surface area contributed by atoms with E-state index in [0.717, 1.165) is 22.0 Å². The van der Waals surface area contributed by atoms with Crippen LogP contribution < -0.4 is 11.2 Å². The van der Waals surface area contributed by atoms with Crippen molar-refractivity contribution in [3.8, 4) is 0 Å². The summed E-state index contributed by atoms with van der Waals surface area (Å²) >= 11 is 0. The smallest absolute Gasteiger partial charge is 0.365 e. The molecule has 1 aliphatic carbocycles. The van der Waals surface area contributed by atoms with E-state index < -0.39 is 23.3 Å². The molecule has 0 radical (unpaired) electrons. The second-order valence-corrected chi connectivity index (χ2v) is 10.2. The minimum atomic E-state index is -4.53. The lowest BCUT2D eigenvalue weighted by molar-refractivity contribution is -0.525. The topological polar surface area (TPSA) is 119 Å². The van der Waals surface area contributed by atoms with Crippen molar-refractivity contribution in [3.05, 3.63) is 45.6 Å². The Balaban J connectivity index is 1.48. The van der Waals surface area contributed by atoms with Gasteiger partial charge in [0, 0.05) is 61.5 Å². The predicted octanol–water partition coefficient (Wildman–Crippen LogP) is 3.89. The van der Waals surface area contributed by atoms with Crippen molar-refractivity contribution in [1.29, 1.82) is 0 Å². The number of hydrogen-bond donors (Lipinski definition) is 2. The van der Waals surface area contributed by atoms with Gasteiger partial charge in [-0.05, 0) is 48.8 Å². The maximum Gasteiger partial charge on any atom is 0.460 e. The maximum atomic E-state index is 14.2. The number of likely N-dealkylation sites (tertiary alicyclic amines) is 1. The van der Waals surface area contributed by atoms with E-state index in [0.29, 0.717) is 37.0 Å². The number of nitrogens with zero attached hydrogens (tertiary/aromatic N) is 4. The van der Waals surface area contributed by atoms with Gasteiger partial charge in [-0.15, -0.1) is 0 Å². The second-order valence-electron chi connectivity index (χ2n) is 10.2. The van der Waals surface area contributed by atoms with Crippen molar-refractivity contribution < 1.29 is 23.0 Å². The first-order valence-corrected chi connectivity index (χ1v) is 12.6. The Morgan fingerprint density at radius 1 is 1.38 bits per heavy atom. The van der Waals surface area contributed by atoms with Crippen molar-refractivity contribution in [2.24, 2.45) is 29.6 Å². The highest BCUT2D eigenvalue weighted by Gasteiger charge is 2.51. The van der Waals surface area contributed by atoms with Crippen molar-refractivity contribution in [1.82, 2.24) is 14.9 Å². The fourth-order valence-electron chi connectivity index (χ4n) is 6.11. The van der Waals surface area contributed by atoms with E-state index in [9.17, 15) is 28.1 Å². The van der Waals surface area contributed by atoms with Gasteiger partial charge in [0.2, 0.25) is 0 Å². The van der Waals surface area contributed by atoms with Gasteiger partial charge in [0.15, 0.2) is 5.03 Å². The van der Waals surface area contributed by atoms with Crippen LogP contribution in [0.4, 0.5) is 13.2 Å². The highest BCUT2D eigenvalue weighted by molar-refractivity contribution is 5.89. The number of alkyl halides is 3. The number of aromatic nitrogens is 1. The molecule has 2 aliphatic rings. The second kappa shape index (κ2) is 10.7. The van der Waals surface area contributed by atoms with Gasteiger partial charge >= 0.3 is 6.30 Å². The van der Waals surface area contributed by atoms with Gasteiger partial charge < -0.3 is 10.3 Å². The number of rotatable bonds is 9. The molecule has 1 aliphatic heterocycles. The largest absolute Gasteiger partial charge is 0.460 e. The van der Waals surface area contributed by atoms with Gasteiger partial charge in [-0.25, -0.2) is 20.0 Å². The van der Waals surface area contributed by atoms with E-state index in [1.807, 2.05) is 42.9 Å². The number of nitro groups is 1. The molecular formula is C25H33F3N6O3. The first-order chi connectivity index (χ1) is 17.5. The van der Waals surface area contributed by atoms with Crippen LogP contribution in [-0.2, 0) is 18.3 Å². The lowest BCUT2D eigenvalue weighted by Crippen LogP contribution is -2.57. The van der Waals surface area contributed by atoms with Crippen LogP contribution in [-0.4, -0.2) is 51.7 Å². The van der Waals surface area contributed by atoms with Crippen LogP contribution in [0.2, 0.25) is 0 Å². The average Bonchev–Trinajstić information content (AvgIpc) is 3.15. The van der Waals surface area contributed by atoms with E-state index in [1.165, 1.54) is 0 Å². The number of ketones is 1. The van der Waals surface area contributed by atoms with Crippen LogP contribution in [0.5, 0.6) is 0 Å². The number of hydrazine groups is 1. The number of nitrogens with one attached hydrogen (secondary N) is 1. The molecule has 37 heavy (non-hydrogen) atoms. The van der Waals surface area contributed by atoms with Crippen LogP contribution >= 0.6 is 0 Å². The summed E-state index contributed by atoms with van der Waals surface area (Å²) in [6.45, 7) is 1.89. The molecule has 2 heterocycles. The first kappa shape index (κ1) is 26.9. The van der Waals surface area contributed by atoms with Gasteiger partial charge in [0.05, 0.1) is 0 Å². The standard InChI is InChI=1S/C25H33F3N6O3/c1-3-15(6-5-9-30-24(29)31-34(36)37)10-22(35)16-11-19-18-7-4-8-20-23(18)17(13-32(20)2)12-21(19)33(14-16)25(26,27)28/h4,7-8,13,15-16,19,21H,3,5-6,9-12,14H2,1-2H3,(H3,29,30,31)/t15-,16?,19-,21-/m1/s1. The molecule has 9 nitrogen and oxygen atoms in total. The Morgan fingerprint density at radius 3 is 2.81 bits per heavy atom. The Morgan fingerprint density at radius 2 is 2.14 bits per heavy atom. The van der Waals surface area contributed by atoms with Crippen LogP contribution in [0, 0.1) is 22.0 Å². The maximum absolute atomic E-state index is 14.2. The zero-order valence-electron chi connectivity index (χ0n) is 21.0. The number of hydrogen-bond acceptors (Lipinski definition) is 5. The lowest BCUT2D eigenvalue weighted by atomic mass is 9.71. The highest BCUT2D eigenvalue weighted by Crippen LogP contribution is 2.48. The summed E-state index contributed by atoms with van der Waals surface area (Å²) in [5.41, 5.74) is 10.0. The van der Waals surface area contributed by atoms with Gasteiger partial charge in [-0.2, -0.15) is 13.2 Å². The number of carbonyl (C=O) groups is 1.